The third-order valence-electron chi connectivity index (χ3n) is 4.81. The molecule has 0 aromatic heterocycles. The summed E-state index contributed by atoms with van der Waals surface area (Å²) in [6.07, 6.45) is -0.245. The molecule has 0 spiro atoms. The van der Waals surface area contributed by atoms with Crippen molar-refractivity contribution in [2.75, 3.05) is 31.0 Å². The molecule has 2 amide bonds. The van der Waals surface area contributed by atoms with E-state index in [1.54, 1.807) is 79.9 Å². The summed E-state index contributed by atoms with van der Waals surface area (Å²) in [7, 11) is 1.59. The standard InChI is InChI=1S/C27H28N2O7/c1-3-34-24-7-5-4-6-23(24)29-26(31)18-35-27(32)17-16-25(30)28-19-8-10-21(11-9-19)36-22-14-12-20(33-2)13-15-22/h4-15H,3,16-18H2,1-2H3,(H,28,30)(H,29,31). The number of rotatable bonds is 12. The van der Waals surface area contributed by atoms with E-state index in [0.29, 0.717) is 35.2 Å². The molecule has 0 fully saturated rings. The van der Waals surface area contributed by atoms with Crippen molar-refractivity contribution in [3.8, 4) is 23.0 Å². The summed E-state index contributed by atoms with van der Waals surface area (Å²) in [5.74, 6) is 0.999. The lowest BCUT2D eigenvalue weighted by molar-refractivity contribution is -0.147. The number of methoxy groups -OCH3 is 1. The van der Waals surface area contributed by atoms with Gasteiger partial charge in [-0.2, -0.15) is 0 Å². The molecule has 3 rings (SSSR count). The van der Waals surface area contributed by atoms with Crippen LogP contribution in [0.15, 0.2) is 72.8 Å². The van der Waals surface area contributed by atoms with E-state index >= 15 is 0 Å². The van der Waals surface area contributed by atoms with Crippen LogP contribution >= 0.6 is 0 Å². The number of amides is 2. The van der Waals surface area contributed by atoms with Crippen LogP contribution in [-0.4, -0.2) is 38.1 Å². The monoisotopic (exact) mass is 492 g/mol. The van der Waals surface area contributed by atoms with Crippen molar-refractivity contribution in [2.24, 2.45) is 0 Å². The highest BCUT2D eigenvalue weighted by Gasteiger charge is 2.12. The lowest BCUT2D eigenvalue weighted by Gasteiger charge is -2.11. The van der Waals surface area contributed by atoms with Crippen LogP contribution in [0.3, 0.4) is 0 Å². The van der Waals surface area contributed by atoms with E-state index in [1.165, 1.54) is 0 Å². The lowest BCUT2D eigenvalue weighted by Crippen LogP contribution is -2.22. The van der Waals surface area contributed by atoms with E-state index in [-0.39, 0.29) is 18.7 Å². The Morgan fingerprint density at radius 1 is 0.750 bits per heavy atom. The quantitative estimate of drug-likeness (QED) is 0.350. The van der Waals surface area contributed by atoms with Crippen molar-refractivity contribution in [1.29, 1.82) is 0 Å². The van der Waals surface area contributed by atoms with E-state index in [4.69, 9.17) is 18.9 Å². The van der Waals surface area contributed by atoms with Crippen LogP contribution in [0.1, 0.15) is 19.8 Å². The number of anilines is 2. The summed E-state index contributed by atoms with van der Waals surface area (Å²) in [5, 5.41) is 5.34. The number of hydrogen-bond acceptors (Lipinski definition) is 7. The molecule has 0 unspecified atom stereocenters. The minimum Gasteiger partial charge on any atom is -0.497 e. The molecule has 0 atom stereocenters. The Labute approximate surface area is 209 Å². The first-order valence-electron chi connectivity index (χ1n) is 11.4. The Morgan fingerprint density at radius 2 is 1.39 bits per heavy atom. The highest BCUT2D eigenvalue weighted by atomic mass is 16.5. The van der Waals surface area contributed by atoms with Crippen molar-refractivity contribution in [3.63, 3.8) is 0 Å². The highest BCUT2D eigenvalue weighted by molar-refractivity contribution is 5.95. The van der Waals surface area contributed by atoms with Crippen LogP contribution in [0.25, 0.3) is 0 Å². The molecule has 0 heterocycles. The third kappa shape index (κ3) is 8.35. The fourth-order valence-electron chi connectivity index (χ4n) is 3.08. The fraction of sp³-hybridized carbons (Fsp3) is 0.222. The first kappa shape index (κ1) is 26.1. The van der Waals surface area contributed by atoms with Crippen LogP contribution in [0.2, 0.25) is 0 Å². The zero-order valence-electron chi connectivity index (χ0n) is 20.1. The van der Waals surface area contributed by atoms with E-state index in [2.05, 4.69) is 10.6 Å². The molecule has 0 saturated heterocycles. The Balaban J connectivity index is 1.37. The Bertz CT molecular complexity index is 1160. The second-order valence-corrected chi connectivity index (χ2v) is 7.49. The van der Waals surface area contributed by atoms with Gasteiger partial charge in [0.05, 0.1) is 25.8 Å². The van der Waals surface area contributed by atoms with E-state index < -0.39 is 18.5 Å². The van der Waals surface area contributed by atoms with Gasteiger partial charge in [-0.15, -0.1) is 0 Å². The maximum Gasteiger partial charge on any atom is 0.306 e. The maximum atomic E-state index is 12.2. The Kier molecular flexibility index (Phi) is 9.69. The SMILES string of the molecule is CCOc1ccccc1NC(=O)COC(=O)CCC(=O)Nc1ccc(Oc2ccc(OC)cc2)cc1. The molecule has 188 valence electrons. The van der Waals surface area contributed by atoms with Crippen LogP contribution < -0.4 is 24.8 Å². The zero-order chi connectivity index (χ0) is 25.8. The molecule has 2 N–H and O–H groups in total. The van der Waals surface area contributed by atoms with Gasteiger partial charge in [0, 0.05) is 12.1 Å². The van der Waals surface area contributed by atoms with Crippen molar-refractivity contribution in [1.82, 2.24) is 0 Å². The number of hydrogen-bond donors (Lipinski definition) is 2. The number of benzene rings is 3. The van der Waals surface area contributed by atoms with Gasteiger partial charge in [-0.05, 0) is 67.6 Å². The largest absolute Gasteiger partial charge is 0.497 e. The van der Waals surface area contributed by atoms with Crippen LogP contribution in [-0.2, 0) is 19.1 Å². The van der Waals surface area contributed by atoms with Gasteiger partial charge in [0.1, 0.15) is 23.0 Å². The number of carbonyl (C=O) groups is 3. The predicted molar refractivity (Wildman–Crippen MR) is 135 cm³/mol. The maximum absolute atomic E-state index is 12.2. The molecule has 0 saturated carbocycles. The van der Waals surface area contributed by atoms with Gasteiger partial charge in [-0.3, -0.25) is 14.4 Å². The normalized spacial score (nSPS) is 10.2. The van der Waals surface area contributed by atoms with E-state index in [1.807, 2.05) is 6.92 Å². The first-order chi connectivity index (χ1) is 17.5. The summed E-state index contributed by atoms with van der Waals surface area (Å²) in [4.78, 5) is 36.2. The number of nitrogens with one attached hydrogen (secondary N) is 2. The van der Waals surface area contributed by atoms with Gasteiger partial charge in [-0.25, -0.2) is 0 Å². The van der Waals surface area contributed by atoms with Gasteiger partial charge >= 0.3 is 5.97 Å². The van der Waals surface area contributed by atoms with Crippen molar-refractivity contribution in [2.45, 2.75) is 19.8 Å². The molecule has 3 aromatic rings. The Morgan fingerprint density at radius 3 is 2.06 bits per heavy atom. The smallest absolute Gasteiger partial charge is 0.306 e. The van der Waals surface area contributed by atoms with E-state index in [9.17, 15) is 14.4 Å². The third-order valence-corrected chi connectivity index (χ3v) is 4.81. The second kappa shape index (κ2) is 13.4. The van der Waals surface area contributed by atoms with Gasteiger partial charge in [0.25, 0.3) is 5.91 Å². The number of carbonyl (C=O) groups excluding carboxylic acids is 3. The number of ether oxygens (including phenoxy) is 4. The van der Waals surface area contributed by atoms with E-state index in [0.717, 1.165) is 5.75 Å². The van der Waals surface area contributed by atoms with Crippen LogP contribution in [0.4, 0.5) is 11.4 Å². The number of esters is 1. The summed E-state index contributed by atoms with van der Waals surface area (Å²) in [6.45, 7) is 1.83. The van der Waals surface area contributed by atoms with Crippen molar-refractivity contribution < 1.29 is 33.3 Å². The minimum atomic E-state index is -0.651. The van der Waals surface area contributed by atoms with Gasteiger partial charge in [0.15, 0.2) is 6.61 Å². The fourth-order valence-corrected chi connectivity index (χ4v) is 3.08. The molecule has 0 aliphatic heterocycles. The molecular weight excluding hydrogens is 464 g/mol. The summed E-state index contributed by atoms with van der Waals surface area (Å²) in [6, 6.07) is 20.9. The summed E-state index contributed by atoms with van der Waals surface area (Å²) in [5.41, 5.74) is 1.04. The van der Waals surface area contributed by atoms with Gasteiger partial charge in [0.2, 0.25) is 5.91 Å². The van der Waals surface area contributed by atoms with Gasteiger partial charge < -0.3 is 29.6 Å². The highest BCUT2D eigenvalue weighted by Crippen LogP contribution is 2.25. The molecular formula is C27H28N2O7. The molecule has 0 aliphatic rings. The van der Waals surface area contributed by atoms with Crippen LogP contribution in [0.5, 0.6) is 23.0 Å². The minimum absolute atomic E-state index is 0.0856. The predicted octanol–water partition coefficient (Wildman–Crippen LogP) is 4.79. The first-order valence-corrected chi connectivity index (χ1v) is 11.4. The van der Waals surface area contributed by atoms with Crippen LogP contribution in [0, 0.1) is 0 Å². The van der Waals surface area contributed by atoms with Crippen molar-refractivity contribution >= 4 is 29.2 Å². The van der Waals surface area contributed by atoms with Gasteiger partial charge in [-0.1, -0.05) is 12.1 Å². The number of para-hydroxylation sites is 2. The molecule has 9 heteroatoms. The summed E-state index contributed by atoms with van der Waals surface area (Å²) < 4.78 is 21.3. The topological polar surface area (TPSA) is 112 Å². The molecule has 0 radical (unpaired) electrons. The Hall–Kier alpha value is -4.53. The zero-order valence-corrected chi connectivity index (χ0v) is 20.1. The molecule has 36 heavy (non-hydrogen) atoms. The molecule has 0 aliphatic carbocycles. The lowest BCUT2D eigenvalue weighted by atomic mass is 10.2. The molecule has 9 nitrogen and oxygen atoms in total. The summed E-state index contributed by atoms with van der Waals surface area (Å²) >= 11 is 0. The molecule has 0 bridgehead atoms. The second-order valence-electron chi connectivity index (χ2n) is 7.49. The molecule has 3 aromatic carbocycles. The average Bonchev–Trinajstić information content (AvgIpc) is 2.89. The average molecular weight is 493 g/mol. The van der Waals surface area contributed by atoms with Crippen molar-refractivity contribution in [3.05, 3.63) is 72.8 Å².